The van der Waals surface area contributed by atoms with Crippen LogP contribution in [0.2, 0.25) is 0 Å². The maximum absolute atomic E-state index is 12.5. The molecule has 18 heavy (non-hydrogen) atoms. The Morgan fingerprint density at radius 2 is 1.83 bits per heavy atom. The monoisotopic (exact) mass is 321 g/mol. The van der Waals surface area contributed by atoms with Crippen molar-refractivity contribution in [1.29, 1.82) is 0 Å². The van der Waals surface area contributed by atoms with Crippen molar-refractivity contribution < 1.29 is 13.2 Å². The third-order valence-corrected chi connectivity index (χ3v) is 3.22. The number of aromatic nitrogens is 3. The van der Waals surface area contributed by atoms with Gasteiger partial charge in [-0.1, -0.05) is 20.8 Å². The van der Waals surface area contributed by atoms with Gasteiger partial charge in [0.15, 0.2) is 0 Å². The van der Waals surface area contributed by atoms with Crippen molar-refractivity contribution in [2.75, 3.05) is 0 Å². The predicted octanol–water partition coefficient (Wildman–Crippen LogP) is 3.81. The Hall–Kier alpha value is -1.11. The van der Waals surface area contributed by atoms with Gasteiger partial charge in [-0.05, 0) is 15.9 Å². The first-order valence-corrected chi connectivity index (χ1v) is 6.01. The second-order valence-electron chi connectivity index (χ2n) is 5.00. The molecule has 0 fully saturated rings. The summed E-state index contributed by atoms with van der Waals surface area (Å²) < 4.78 is 39.8. The molecule has 0 aliphatic carbocycles. The molecule has 0 radical (unpaired) electrons. The van der Waals surface area contributed by atoms with E-state index in [9.17, 15) is 13.2 Å². The van der Waals surface area contributed by atoms with E-state index in [2.05, 4.69) is 25.9 Å². The molecule has 98 valence electrons. The fraction of sp³-hybridized carbons (Fsp3) is 0.455. The highest BCUT2D eigenvalue weighted by Crippen LogP contribution is 2.32. The fourth-order valence-corrected chi connectivity index (χ4v) is 2.51. The summed E-state index contributed by atoms with van der Waals surface area (Å²) in [5, 5.41) is 0. The maximum atomic E-state index is 12.5. The van der Waals surface area contributed by atoms with E-state index < -0.39 is 11.9 Å². The number of fused-ring (bicyclic) bond motifs is 1. The van der Waals surface area contributed by atoms with Gasteiger partial charge in [0, 0.05) is 11.5 Å². The Balaban J connectivity index is 2.67. The smallest absolute Gasteiger partial charge is 0.277 e. The maximum Gasteiger partial charge on any atom is 0.433 e. The molecule has 2 aromatic heterocycles. The Morgan fingerprint density at radius 1 is 1.22 bits per heavy atom. The predicted molar refractivity (Wildman–Crippen MR) is 64.4 cm³/mol. The minimum Gasteiger partial charge on any atom is -0.277 e. The molecular weight excluding hydrogens is 311 g/mol. The Labute approximate surface area is 110 Å². The molecule has 0 aliphatic rings. The van der Waals surface area contributed by atoms with E-state index in [0.29, 0.717) is 10.3 Å². The lowest BCUT2D eigenvalue weighted by Crippen LogP contribution is -2.12. The third kappa shape index (κ3) is 2.23. The molecule has 0 unspecified atom stereocenters. The highest BCUT2D eigenvalue weighted by atomic mass is 79.9. The van der Waals surface area contributed by atoms with E-state index in [-0.39, 0.29) is 11.1 Å². The van der Waals surface area contributed by atoms with Crippen molar-refractivity contribution >= 4 is 21.6 Å². The van der Waals surface area contributed by atoms with Crippen LogP contribution < -0.4 is 0 Å². The summed E-state index contributed by atoms with van der Waals surface area (Å²) >= 11 is 3.34. The van der Waals surface area contributed by atoms with Crippen LogP contribution in [-0.2, 0) is 11.6 Å². The second kappa shape index (κ2) is 3.94. The number of alkyl halides is 3. The number of rotatable bonds is 0. The van der Waals surface area contributed by atoms with Crippen LogP contribution in [0.5, 0.6) is 0 Å². The second-order valence-corrected chi connectivity index (χ2v) is 5.75. The van der Waals surface area contributed by atoms with E-state index in [4.69, 9.17) is 0 Å². The number of hydrogen-bond donors (Lipinski definition) is 0. The first kappa shape index (κ1) is 13.3. The van der Waals surface area contributed by atoms with Gasteiger partial charge in [0.25, 0.3) is 0 Å². The molecule has 0 saturated carbocycles. The van der Waals surface area contributed by atoms with Crippen LogP contribution in [0.25, 0.3) is 5.65 Å². The lowest BCUT2D eigenvalue weighted by Gasteiger charge is -2.15. The minimum atomic E-state index is -4.46. The molecule has 3 nitrogen and oxygen atoms in total. The topological polar surface area (TPSA) is 30.2 Å². The number of nitrogens with zero attached hydrogens (tertiary/aromatic N) is 3. The van der Waals surface area contributed by atoms with E-state index in [1.807, 2.05) is 20.8 Å². The van der Waals surface area contributed by atoms with Gasteiger partial charge in [-0.2, -0.15) is 13.2 Å². The minimum absolute atomic E-state index is 0.231. The molecule has 0 amide bonds. The molecule has 7 heteroatoms. The molecule has 0 bridgehead atoms. The largest absolute Gasteiger partial charge is 0.433 e. The van der Waals surface area contributed by atoms with Crippen molar-refractivity contribution in [3.63, 3.8) is 0 Å². The van der Waals surface area contributed by atoms with Gasteiger partial charge < -0.3 is 0 Å². The molecule has 0 N–H and O–H groups in total. The molecule has 2 rings (SSSR count). The zero-order valence-electron chi connectivity index (χ0n) is 10.0. The molecule has 2 aromatic rings. The summed E-state index contributed by atoms with van der Waals surface area (Å²) in [4.78, 5) is 7.64. The van der Waals surface area contributed by atoms with Crippen LogP contribution in [-0.4, -0.2) is 14.4 Å². The number of halogens is 4. The average Bonchev–Trinajstić information content (AvgIpc) is 2.54. The average molecular weight is 322 g/mol. The summed E-state index contributed by atoms with van der Waals surface area (Å²) in [5.41, 5.74) is -0.269. The van der Waals surface area contributed by atoms with E-state index in [1.165, 1.54) is 4.40 Å². The zero-order valence-corrected chi connectivity index (χ0v) is 11.6. The van der Waals surface area contributed by atoms with E-state index in [0.717, 1.165) is 12.4 Å². The summed E-state index contributed by atoms with van der Waals surface area (Å²) in [6.45, 7) is 5.83. The van der Waals surface area contributed by atoms with Crippen molar-refractivity contribution in [2.24, 2.45) is 0 Å². The zero-order chi connectivity index (χ0) is 13.7. The third-order valence-electron chi connectivity index (χ3n) is 2.46. The van der Waals surface area contributed by atoms with Gasteiger partial charge in [0.2, 0.25) is 0 Å². The molecule has 0 spiro atoms. The summed E-state index contributed by atoms with van der Waals surface area (Å²) in [6, 6.07) is 0.944. The van der Waals surface area contributed by atoms with Crippen molar-refractivity contribution in [1.82, 2.24) is 14.4 Å². The van der Waals surface area contributed by atoms with Gasteiger partial charge in [0.05, 0.1) is 5.69 Å². The van der Waals surface area contributed by atoms with Crippen LogP contribution in [0.3, 0.4) is 0 Å². The van der Waals surface area contributed by atoms with Gasteiger partial charge >= 0.3 is 6.18 Å². The van der Waals surface area contributed by atoms with E-state index in [1.54, 1.807) is 0 Å². The SMILES string of the molecule is CC(C)(C)c1nc2cc(C(F)(F)F)ncn2c1Br. The van der Waals surface area contributed by atoms with Crippen LogP contribution in [0.15, 0.2) is 17.0 Å². The van der Waals surface area contributed by atoms with Crippen LogP contribution >= 0.6 is 15.9 Å². The van der Waals surface area contributed by atoms with Crippen molar-refractivity contribution in [2.45, 2.75) is 32.4 Å². The fourth-order valence-electron chi connectivity index (χ4n) is 1.55. The number of imidazole rings is 1. The molecule has 0 aliphatic heterocycles. The van der Waals surface area contributed by atoms with Gasteiger partial charge in [0.1, 0.15) is 22.3 Å². The van der Waals surface area contributed by atoms with Crippen molar-refractivity contribution in [3.8, 4) is 0 Å². The standard InChI is InChI=1S/C11H11BrF3N3/c1-10(2,3)8-9(12)18-5-16-6(11(13,14)15)4-7(18)17-8/h4-5H,1-3H3. The normalized spacial score (nSPS) is 13.3. The van der Waals surface area contributed by atoms with Gasteiger partial charge in [-0.15, -0.1) is 0 Å². The van der Waals surface area contributed by atoms with Gasteiger partial charge in [-0.3, -0.25) is 4.40 Å². The molecular formula is C11H11BrF3N3. The van der Waals surface area contributed by atoms with Crippen LogP contribution in [0.1, 0.15) is 32.2 Å². The lowest BCUT2D eigenvalue weighted by atomic mass is 9.93. The molecule has 0 saturated heterocycles. The lowest BCUT2D eigenvalue weighted by molar-refractivity contribution is -0.141. The molecule has 2 heterocycles. The Kier molecular flexibility index (Phi) is 2.92. The Bertz CT molecular complexity index is 596. The van der Waals surface area contributed by atoms with Crippen LogP contribution in [0.4, 0.5) is 13.2 Å². The highest BCUT2D eigenvalue weighted by molar-refractivity contribution is 9.10. The highest BCUT2D eigenvalue weighted by Gasteiger charge is 2.33. The Morgan fingerprint density at radius 3 is 2.33 bits per heavy atom. The number of hydrogen-bond acceptors (Lipinski definition) is 2. The van der Waals surface area contributed by atoms with Gasteiger partial charge in [-0.25, -0.2) is 9.97 Å². The molecule has 0 atom stereocenters. The first-order valence-electron chi connectivity index (χ1n) is 5.22. The summed E-state index contributed by atoms with van der Waals surface area (Å²) in [5.74, 6) is 0. The summed E-state index contributed by atoms with van der Waals surface area (Å²) in [6.07, 6.45) is -3.33. The van der Waals surface area contributed by atoms with Crippen LogP contribution in [0, 0.1) is 0 Å². The van der Waals surface area contributed by atoms with E-state index >= 15 is 0 Å². The summed E-state index contributed by atoms with van der Waals surface area (Å²) in [7, 11) is 0. The first-order chi connectivity index (χ1) is 8.10. The molecule has 0 aromatic carbocycles. The van der Waals surface area contributed by atoms with Crippen molar-refractivity contribution in [3.05, 3.63) is 28.4 Å². The quantitative estimate of drug-likeness (QED) is 0.738.